The molecule has 1 heterocycles. The first-order valence-corrected chi connectivity index (χ1v) is 7.38. The van der Waals surface area contributed by atoms with Crippen molar-refractivity contribution < 1.29 is 19.1 Å². The normalized spacial score (nSPS) is 12.9. The molecule has 2 aromatic rings. The monoisotopic (exact) mass is 318 g/mol. The van der Waals surface area contributed by atoms with Gasteiger partial charge in [0.2, 0.25) is 0 Å². The number of rotatable bonds is 3. The van der Waals surface area contributed by atoms with Gasteiger partial charge in [0.15, 0.2) is 0 Å². The Bertz CT molecular complexity index is 728. The van der Waals surface area contributed by atoms with Crippen molar-refractivity contribution in [1.82, 2.24) is 4.57 Å². The van der Waals surface area contributed by atoms with Gasteiger partial charge in [-0.3, -0.25) is 9.36 Å². The maximum Gasteiger partial charge on any atom is 0.419 e. The van der Waals surface area contributed by atoms with Crippen LogP contribution in [0.4, 0.5) is 4.79 Å². The second-order valence-corrected chi connectivity index (χ2v) is 6.36. The summed E-state index contributed by atoms with van der Waals surface area (Å²) in [6.45, 7) is 5.43. The van der Waals surface area contributed by atoms with E-state index in [1.54, 1.807) is 6.20 Å². The number of ether oxygens (including phenoxy) is 2. The molecule has 0 saturated heterocycles. The Morgan fingerprint density at radius 2 is 1.91 bits per heavy atom. The fourth-order valence-electron chi connectivity index (χ4n) is 2.35. The first-order valence-electron chi connectivity index (χ1n) is 7.38. The quantitative estimate of drug-likeness (QED) is 0.879. The number of hydrogen-bond acceptors (Lipinski definition) is 5. The molecule has 0 aliphatic carbocycles. The SMILES string of the molecule is COC(=O)[C@H](N)Cc1cn(C(=O)OC(C)(C)C)c2ccccc12. The van der Waals surface area contributed by atoms with Gasteiger partial charge in [0.1, 0.15) is 11.6 Å². The molecule has 0 radical (unpaired) electrons. The molecule has 2 rings (SSSR count). The number of hydrogen-bond donors (Lipinski definition) is 1. The molecule has 0 unspecified atom stereocenters. The van der Waals surface area contributed by atoms with E-state index in [4.69, 9.17) is 10.5 Å². The number of fused-ring (bicyclic) bond motifs is 1. The van der Waals surface area contributed by atoms with Gasteiger partial charge in [0.25, 0.3) is 0 Å². The third-order valence-electron chi connectivity index (χ3n) is 3.33. The van der Waals surface area contributed by atoms with Gasteiger partial charge in [-0.05, 0) is 32.4 Å². The van der Waals surface area contributed by atoms with E-state index >= 15 is 0 Å². The van der Waals surface area contributed by atoms with Crippen LogP contribution >= 0.6 is 0 Å². The topological polar surface area (TPSA) is 83.5 Å². The van der Waals surface area contributed by atoms with Crippen LogP contribution in [0.25, 0.3) is 10.9 Å². The van der Waals surface area contributed by atoms with Gasteiger partial charge in [-0.15, -0.1) is 0 Å². The number of methoxy groups -OCH3 is 1. The summed E-state index contributed by atoms with van der Waals surface area (Å²) in [7, 11) is 1.30. The summed E-state index contributed by atoms with van der Waals surface area (Å²) in [5, 5.41) is 0.859. The van der Waals surface area contributed by atoms with Gasteiger partial charge in [0.05, 0.1) is 12.6 Å². The highest BCUT2D eigenvalue weighted by Gasteiger charge is 2.22. The van der Waals surface area contributed by atoms with E-state index in [2.05, 4.69) is 4.74 Å². The molecule has 124 valence electrons. The van der Waals surface area contributed by atoms with E-state index in [0.717, 1.165) is 10.9 Å². The highest BCUT2D eigenvalue weighted by atomic mass is 16.6. The van der Waals surface area contributed by atoms with E-state index in [-0.39, 0.29) is 6.42 Å². The van der Waals surface area contributed by atoms with Crippen molar-refractivity contribution in [1.29, 1.82) is 0 Å². The number of esters is 1. The Hall–Kier alpha value is -2.34. The number of carbonyl (C=O) groups excluding carboxylic acids is 2. The van der Waals surface area contributed by atoms with Gasteiger partial charge in [-0.2, -0.15) is 0 Å². The van der Waals surface area contributed by atoms with Crippen LogP contribution < -0.4 is 5.73 Å². The lowest BCUT2D eigenvalue weighted by atomic mass is 10.1. The van der Waals surface area contributed by atoms with Gasteiger partial charge in [0, 0.05) is 18.0 Å². The summed E-state index contributed by atoms with van der Waals surface area (Å²) < 4.78 is 11.5. The molecule has 0 aliphatic heterocycles. The zero-order valence-corrected chi connectivity index (χ0v) is 13.8. The van der Waals surface area contributed by atoms with Gasteiger partial charge in [-0.25, -0.2) is 4.79 Å². The van der Waals surface area contributed by atoms with E-state index < -0.39 is 23.7 Å². The predicted molar refractivity (Wildman–Crippen MR) is 87.3 cm³/mol. The number of nitrogens with two attached hydrogens (primary N) is 1. The van der Waals surface area contributed by atoms with Gasteiger partial charge in [-0.1, -0.05) is 18.2 Å². The third kappa shape index (κ3) is 3.90. The summed E-state index contributed by atoms with van der Waals surface area (Å²) in [5.74, 6) is -0.487. The van der Waals surface area contributed by atoms with Crippen molar-refractivity contribution >= 4 is 23.0 Å². The molecule has 1 atom stereocenters. The maximum atomic E-state index is 12.4. The molecule has 0 bridgehead atoms. The van der Waals surface area contributed by atoms with Crippen molar-refractivity contribution in [3.63, 3.8) is 0 Å². The number of aromatic nitrogens is 1. The van der Waals surface area contributed by atoms with Crippen molar-refractivity contribution in [2.75, 3.05) is 7.11 Å². The van der Waals surface area contributed by atoms with Crippen LogP contribution in [-0.4, -0.2) is 35.4 Å². The molecule has 6 heteroatoms. The minimum atomic E-state index is -0.780. The van der Waals surface area contributed by atoms with Gasteiger partial charge >= 0.3 is 12.1 Å². The number of para-hydroxylation sites is 1. The first-order chi connectivity index (χ1) is 10.7. The van der Waals surface area contributed by atoms with Crippen molar-refractivity contribution in [3.05, 3.63) is 36.0 Å². The molecule has 1 aromatic carbocycles. The van der Waals surface area contributed by atoms with E-state index in [0.29, 0.717) is 5.52 Å². The molecular formula is C17H22N2O4. The number of carbonyl (C=O) groups is 2. The lowest BCUT2D eigenvalue weighted by Gasteiger charge is -2.19. The van der Waals surface area contributed by atoms with Crippen LogP contribution in [0.15, 0.2) is 30.5 Å². The van der Waals surface area contributed by atoms with E-state index in [9.17, 15) is 9.59 Å². The number of nitrogens with zero attached hydrogens (tertiary/aromatic N) is 1. The number of benzene rings is 1. The maximum absolute atomic E-state index is 12.4. The van der Waals surface area contributed by atoms with Crippen LogP contribution in [0.5, 0.6) is 0 Å². The highest BCUT2D eigenvalue weighted by Crippen LogP contribution is 2.23. The zero-order valence-electron chi connectivity index (χ0n) is 13.8. The molecule has 0 spiro atoms. The van der Waals surface area contributed by atoms with Crippen LogP contribution in [0.2, 0.25) is 0 Å². The van der Waals surface area contributed by atoms with Crippen LogP contribution in [0, 0.1) is 0 Å². The summed E-state index contributed by atoms with van der Waals surface area (Å²) >= 11 is 0. The molecule has 0 saturated carbocycles. The largest absolute Gasteiger partial charge is 0.468 e. The minimum Gasteiger partial charge on any atom is -0.468 e. The fraction of sp³-hybridized carbons (Fsp3) is 0.412. The molecule has 1 aromatic heterocycles. The first kappa shape index (κ1) is 17.0. The van der Waals surface area contributed by atoms with Crippen molar-refractivity contribution in [2.24, 2.45) is 5.73 Å². The minimum absolute atomic E-state index is 0.281. The van der Waals surface area contributed by atoms with Crippen molar-refractivity contribution in [2.45, 2.75) is 38.8 Å². The van der Waals surface area contributed by atoms with Crippen LogP contribution in [0.1, 0.15) is 26.3 Å². The Labute approximate surface area is 135 Å². The molecular weight excluding hydrogens is 296 g/mol. The fourth-order valence-corrected chi connectivity index (χ4v) is 2.35. The summed E-state index contributed by atoms with van der Waals surface area (Å²) in [5.41, 5.74) is 6.76. The smallest absolute Gasteiger partial charge is 0.419 e. The Morgan fingerprint density at radius 1 is 1.26 bits per heavy atom. The van der Waals surface area contributed by atoms with E-state index in [1.807, 2.05) is 45.0 Å². The molecule has 0 amide bonds. The Morgan fingerprint density at radius 3 is 2.52 bits per heavy atom. The average molecular weight is 318 g/mol. The summed E-state index contributed by atoms with van der Waals surface area (Å²) in [6, 6.07) is 6.64. The standard InChI is InChI=1S/C17H22N2O4/c1-17(2,3)23-16(21)19-10-11(9-13(18)15(20)22-4)12-7-5-6-8-14(12)19/h5-8,10,13H,9,18H2,1-4H3/t13-/m1/s1. The zero-order chi connectivity index (χ0) is 17.2. The Kier molecular flexibility index (Phi) is 4.75. The van der Waals surface area contributed by atoms with Crippen molar-refractivity contribution in [3.8, 4) is 0 Å². The van der Waals surface area contributed by atoms with Crippen LogP contribution in [0.3, 0.4) is 0 Å². The summed E-state index contributed by atoms with van der Waals surface area (Å²) in [6.07, 6.45) is 1.48. The third-order valence-corrected chi connectivity index (χ3v) is 3.33. The lowest BCUT2D eigenvalue weighted by Crippen LogP contribution is -2.33. The molecule has 0 fully saturated rings. The molecule has 2 N–H and O–H groups in total. The average Bonchev–Trinajstić information content (AvgIpc) is 2.84. The lowest BCUT2D eigenvalue weighted by molar-refractivity contribution is -0.142. The van der Waals surface area contributed by atoms with E-state index in [1.165, 1.54) is 11.7 Å². The summed E-state index contributed by atoms with van der Waals surface area (Å²) in [4.78, 5) is 23.9. The van der Waals surface area contributed by atoms with Gasteiger partial charge < -0.3 is 15.2 Å². The predicted octanol–water partition coefficient (Wildman–Crippen LogP) is 2.47. The molecule has 6 nitrogen and oxygen atoms in total. The second kappa shape index (κ2) is 6.42. The van der Waals surface area contributed by atoms with Crippen LogP contribution in [-0.2, 0) is 20.7 Å². The highest BCUT2D eigenvalue weighted by molar-refractivity contribution is 5.92. The Balaban J connectivity index is 2.40. The molecule has 0 aliphatic rings. The second-order valence-electron chi connectivity index (χ2n) is 6.36. The molecule has 23 heavy (non-hydrogen) atoms.